The second-order valence-electron chi connectivity index (χ2n) is 6.51. The van der Waals surface area contributed by atoms with Crippen LogP contribution in [-0.2, 0) is 11.3 Å². The van der Waals surface area contributed by atoms with Gasteiger partial charge in [0.25, 0.3) is 11.6 Å². The molecule has 0 atom stereocenters. The summed E-state index contributed by atoms with van der Waals surface area (Å²) in [4.78, 5) is 17.5. The first-order chi connectivity index (χ1) is 15.1. The maximum Gasteiger partial charge on any atom is 0.417 e. The zero-order valence-corrected chi connectivity index (χ0v) is 18.1. The van der Waals surface area contributed by atoms with Crippen LogP contribution in [-0.4, -0.2) is 36.2 Å². The number of benzene rings is 1. The van der Waals surface area contributed by atoms with E-state index in [-0.39, 0.29) is 17.6 Å². The second kappa shape index (κ2) is 11.9. The minimum absolute atomic E-state index is 0.00597. The van der Waals surface area contributed by atoms with Crippen LogP contribution >= 0.6 is 0 Å². The van der Waals surface area contributed by atoms with Crippen molar-refractivity contribution in [2.24, 2.45) is 15.2 Å². The molecule has 0 N–H and O–H groups in total. The molecule has 0 aliphatic rings. The van der Waals surface area contributed by atoms with E-state index in [4.69, 9.17) is 17.9 Å². The smallest absolute Gasteiger partial charge is 0.417 e. The van der Waals surface area contributed by atoms with Gasteiger partial charge in [0.2, 0.25) is 0 Å². The van der Waals surface area contributed by atoms with Crippen molar-refractivity contribution in [2.45, 2.75) is 33.2 Å². The minimum atomic E-state index is -0.00597. The van der Waals surface area contributed by atoms with E-state index in [1.165, 1.54) is 18.1 Å². The quantitative estimate of drug-likeness (QED) is 0.137. The van der Waals surface area contributed by atoms with Crippen molar-refractivity contribution in [1.29, 1.82) is 0 Å². The Morgan fingerprint density at radius 3 is 2.48 bits per heavy atom. The SMILES string of the molecule is [C-]#[N+]c1nc(N=Nc2ccc(N(CCC)CCC)cc2N=COC)n(CC=C)c1[N+]#[C-]. The number of aromatic nitrogens is 2. The molecule has 0 aliphatic heterocycles. The van der Waals surface area contributed by atoms with Gasteiger partial charge in [-0.2, -0.15) is 0 Å². The summed E-state index contributed by atoms with van der Waals surface area (Å²) < 4.78 is 6.49. The fourth-order valence-corrected chi connectivity index (χ4v) is 2.99. The Balaban J connectivity index is 2.49. The van der Waals surface area contributed by atoms with Crippen molar-refractivity contribution in [3.8, 4) is 0 Å². The van der Waals surface area contributed by atoms with Gasteiger partial charge in [-0.3, -0.25) is 0 Å². The first-order valence-corrected chi connectivity index (χ1v) is 9.95. The van der Waals surface area contributed by atoms with Crippen LogP contribution in [0.4, 0.5) is 34.6 Å². The summed E-state index contributed by atoms with van der Waals surface area (Å²) in [5, 5.41) is 8.50. The lowest BCUT2D eigenvalue weighted by Crippen LogP contribution is -2.24. The number of aliphatic imine (C=N–C) groups is 1. The molecule has 0 spiro atoms. The molecule has 160 valence electrons. The summed E-state index contributed by atoms with van der Waals surface area (Å²) in [6.07, 6.45) is 5.03. The number of hydrogen-bond donors (Lipinski definition) is 0. The number of rotatable bonds is 11. The zero-order chi connectivity index (χ0) is 22.6. The molecule has 9 heteroatoms. The molecular formula is C22H26N8O. The second-order valence-corrected chi connectivity index (χ2v) is 6.51. The predicted octanol–water partition coefficient (Wildman–Crippen LogP) is 6.52. The molecule has 0 radical (unpaired) electrons. The fraction of sp³-hybridized carbons (Fsp3) is 0.364. The van der Waals surface area contributed by atoms with Crippen molar-refractivity contribution in [1.82, 2.24) is 9.55 Å². The molecule has 0 saturated carbocycles. The van der Waals surface area contributed by atoms with Crippen LogP contribution in [0.25, 0.3) is 9.69 Å². The largest absolute Gasteiger partial charge is 0.486 e. The Morgan fingerprint density at radius 2 is 1.90 bits per heavy atom. The van der Waals surface area contributed by atoms with Crippen molar-refractivity contribution in [2.75, 3.05) is 25.1 Å². The Labute approximate surface area is 183 Å². The van der Waals surface area contributed by atoms with Gasteiger partial charge in [-0.1, -0.05) is 49.7 Å². The Bertz CT molecular complexity index is 1030. The van der Waals surface area contributed by atoms with E-state index in [0.717, 1.165) is 31.6 Å². The number of azo groups is 1. The van der Waals surface area contributed by atoms with Crippen molar-refractivity contribution < 1.29 is 4.74 Å². The Kier molecular flexibility index (Phi) is 8.93. The zero-order valence-electron chi connectivity index (χ0n) is 18.1. The highest BCUT2D eigenvalue weighted by molar-refractivity contribution is 5.72. The van der Waals surface area contributed by atoms with Gasteiger partial charge in [-0.15, -0.1) is 5.11 Å². The van der Waals surface area contributed by atoms with Crippen LogP contribution in [0.1, 0.15) is 26.7 Å². The number of nitrogens with zero attached hydrogens (tertiary/aromatic N) is 8. The number of hydrogen-bond acceptors (Lipinski definition) is 6. The highest BCUT2D eigenvalue weighted by Crippen LogP contribution is 2.36. The maximum atomic E-state index is 7.34. The van der Waals surface area contributed by atoms with Gasteiger partial charge in [0, 0.05) is 18.8 Å². The van der Waals surface area contributed by atoms with Gasteiger partial charge in [-0.05, 0) is 31.0 Å². The summed E-state index contributed by atoms with van der Waals surface area (Å²) in [5.74, 6) is 0.279. The van der Waals surface area contributed by atoms with Gasteiger partial charge in [-0.25, -0.2) is 9.56 Å². The average Bonchev–Trinajstić information content (AvgIpc) is 3.13. The molecular weight excluding hydrogens is 392 g/mol. The van der Waals surface area contributed by atoms with Crippen molar-refractivity contribution >= 4 is 41.0 Å². The average molecular weight is 419 g/mol. The fourth-order valence-electron chi connectivity index (χ4n) is 2.99. The third-order valence-corrected chi connectivity index (χ3v) is 4.28. The number of imidazole rings is 1. The first-order valence-electron chi connectivity index (χ1n) is 9.95. The van der Waals surface area contributed by atoms with Gasteiger partial charge in [0.05, 0.1) is 19.3 Å². The van der Waals surface area contributed by atoms with Crippen LogP contribution in [0.2, 0.25) is 0 Å². The lowest BCUT2D eigenvalue weighted by Gasteiger charge is -2.24. The first kappa shape index (κ1) is 23.3. The molecule has 31 heavy (non-hydrogen) atoms. The summed E-state index contributed by atoms with van der Waals surface area (Å²) in [6.45, 7) is 24.7. The standard InChI is InChI=1S/C22H26N8O/c1-7-12-29(13-8-2)17-10-11-18(19(15-17)25-16-31-6)27-28-22-26-20(23-4)21(24-5)30(22)14-9-3/h9-11,15-16H,3,7-8,12-14H2,1-2,6H3. The predicted molar refractivity (Wildman–Crippen MR) is 124 cm³/mol. The summed E-state index contributed by atoms with van der Waals surface area (Å²) in [6, 6.07) is 5.77. The molecule has 0 unspecified atom stereocenters. The molecule has 2 rings (SSSR count). The Morgan fingerprint density at radius 1 is 1.16 bits per heavy atom. The molecule has 1 heterocycles. The topological polar surface area (TPSA) is 76.1 Å². The van der Waals surface area contributed by atoms with Crippen molar-refractivity contribution in [3.63, 3.8) is 0 Å². The number of methoxy groups -OCH3 is 1. The van der Waals surface area contributed by atoms with E-state index in [1.54, 1.807) is 6.08 Å². The molecule has 9 nitrogen and oxygen atoms in total. The minimum Gasteiger partial charge on any atom is -0.486 e. The van der Waals surface area contributed by atoms with Crippen LogP contribution in [0, 0.1) is 13.1 Å². The third-order valence-electron chi connectivity index (χ3n) is 4.28. The highest BCUT2D eigenvalue weighted by atomic mass is 16.5. The van der Waals surface area contributed by atoms with Crippen LogP contribution in [0.3, 0.4) is 0 Å². The molecule has 0 amide bonds. The molecule has 0 saturated heterocycles. The van der Waals surface area contributed by atoms with E-state index >= 15 is 0 Å². The number of anilines is 1. The summed E-state index contributed by atoms with van der Waals surface area (Å²) >= 11 is 0. The summed E-state index contributed by atoms with van der Waals surface area (Å²) in [5.41, 5.74) is 2.16. The van der Waals surface area contributed by atoms with Crippen molar-refractivity contribution in [3.05, 3.63) is 53.7 Å². The monoisotopic (exact) mass is 418 g/mol. The maximum absolute atomic E-state index is 7.34. The number of ether oxygens (including phenoxy) is 1. The van der Waals surface area contributed by atoms with Gasteiger partial charge in [0.15, 0.2) is 6.40 Å². The highest BCUT2D eigenvalue weighted by Gasteiger charge is 2.21. The van der Waals surface area contributed by atoms with Crippen LogP contribution in [0.15, 0.2) is 46.1 Å². The molecule has 1 aromatic carbocycles. The normalized spacial score (nSPS) is 10.9. The van der Waals surface area contributed by atoms with E-state index in [9.17, 15) is 0 Å². The van der Waals surface area contributed by atoms with E-state index in [0.29, 0.717) is 17.9 Å². The molecule has 1 aromatic heterocycles. The van der Waals surface area contributed by atoms with Gasteiger partial charge in [0.1, 0.15) is 5.69 Å². The lowest BCUT2D eigenvalue weighted by molar-refractivity contribution is 0.423. The van der Waals surface area contributed by atoms with Crippen LogP contribution < -0.4 is 4.90 Å². The van der Waals surface area contributed by atoms with E-state index in [1.807, 2.05) is 18.2 Å². The summed E-state index contributed by atoms with van der Waals surface area (Å²) in [7, 11) is 1.53. The van der Waals surface area contributed by atoms with Crippen LogP contribution in [0.5, 0.6) is 0 Å². The third kappa shape index (κ3) is 5.77. The lowest BCUT2D eigenvalue weighted by atomic mass is 10.2. The molecule has 2 aromatic rings. The molecule has 0 fully saturated rings. The van der Waals surface area contributed by atoms with E-state index < -0.39 is 0 Å². The number of allylic oxidation sites excluding steroid dienone is 1. The van der Waals surface area contributed by atoms with Gasteiger partial charge < -0.3 is 19.3 Å². The molecule has 0 aliphatic carbocycles. The Hall–Kier alpha value is -3.98. The van der Waals surface area contributed by atoms with E-state index in [2.05, 4.69) is 55.2 Å². The molecule has 0 bridgehead atoms. The van der Waals surface area contributed by atoms with Gasteiger partial charge >= 0.3 is 5.95 Å².